The third-order valence-corrected chi connectivity index (χ3v) is 0. The van der Waals surface area contributed by atoms with Crippen molar-refractivity contribution >= 4 is 0 Å². The molecule has 10 nitrogen and oxygen atoms in total. The molecule has 0 aromatic heterocycles. The Morgan fingerprint density at radius 1 is 1.00 bits per heavy atom. The summed E-state index contributed by atoms with van der Waals surface area (Å²) >= 11 is 0. The molecular formula is H4N4O6Zn. The quantitative estimate of drug-likeness (QED) is 0.343. The Bertz CT molecular complexity index is 51.3. The van der Waals surface area contributed by atoms with Crippen LogP contribution in [0.3, 0.4) is 0 Å². The molecule has 0 aliphatic carbocycles. The van der Waals surface area contributed by atoms with Crippen molar-refractivity contribution in [2.24, 2.45) is 16.0 Å². The maximum atomic E-state index is 8.11. The summed E-state index contributed by atoms with van der Waals surface area (Å²) in [7, 11) is 0. The minimum absolute atomic E-state index is 0. The van der Waals surface area contributed by atoms with Crippen LogP contribution >= 0.6 is 0 Å². The van der Waals surface area contributed by atoms with Gasteiger partial charge in [0.05, 0.1) is 0 Å². The molecule has 11 heteroatoms. The summed E-state index contributed by atoms with van der Waals surface area (Å²) in [5.74, 6) is 0. The predicted molar refractivity (Wildman–Crippen MR) is 30.9 cm³/mol. The fourth-order valence-corrected chi connectivity index (χ4v) is 0. The van der Waals surface area contributed by atoms with E-state index in [9.17, 15) is 0 Å². The first-order valence-electron chi connectivity index (χ1n) is 1.11. The van der Waals surface area contributed by atoms with E-state index in [4.69, 9.17) is 30.3 Å². The Morgan fingerprint density at radius 2 is 1.00 bits per heavy atom. The molecule has 0 rings (SSSR count). The first kappa shape index (κ1) is 33.0. The molecule has 0 saturated heterocycles. The molecule has 0 unspecified atom stereocenters. The van der Waals surface area contributed by atoms with Gasteiger partial charge in [0.2, 0.25) is 0 Å². The zero-order chi connectivity index (χ0) is 8.12. The van der Waals surface area contributed by atoms with E-state index >= 15 is 0 Å². The van der Waals surface area contributed by atoms with Crippen LogP contribution in [-0.2, 0) is 19.5 Å². The van der Waals surface area contributed by atoms with Gasteiger partial charge in [0.25, 0.3) is 0 Å². The second-order valence-corrected chi connectivity index (χ2v) is 0.231. The van der Waals surface area contributed by atoms with E-state index in [-0.39, 0.29) is 25.6 Å². The van der Waals surface area contributed by atoms with Gasteiger partial charge in [0.15, 0.2) is 5.34 Å². The summed E-state index contributed by atoms with van der Waals surface area (Å²) in [6.07, 6.45) is 0. The molecular weight excluding hydrogens is 217 g/mol. The van der Waals surface area contributed by atoms with Crippen LogP contribution in [0.5, 0.6) is 0 Å². The van der Waals surface area contributed by atoms with Crippen molar-refractivity contribution in [2.75, 3.05) is 0 Å². The number of rotatable bonds is 0. The second-order valence-electron chi connectivity index (χ2n) is 0.231. The smallest absolute Gasteiger partial charge is 0.444 e. The molecule has 0 amide bonds. The Balaban J connectivity index is -0.0000000150. The summed E-state index contributed by atoms with van der Waals surface area (Å²) in [6.45, 7) is 0. The largest absolute Gasteiger partial charge is 2.00 e. The molecule has 4 N–H and O–H groups in total. The third-order valence-electron chi connectivity index (χ3n) is 0. The number of hydrogen-bond donors (Lipinski definition) is 2. The number of nitrogens with zero attached hydrogens (tertiary/aromatic N) is 3. The summed E-state index contributed by atoms with van der Waals surface area (Å²) in [5.41, 5.74) is 0. The van der Waals surface area contributed by atoms with E-state index in [2.05, 4.69) is 0 Å². The van der Waals surface area contributed by atoms with Crippen molar-refractivity contribution in [3.8, 4) is 0 Å². The van der Waals surface area contributed by atoms with Crippen molar-refractivity contribution in [3.63, 3.8) is 0 Å². The topological polar surface area (TPSA) is 190 Å². The standard InChI is InChI=1S/3HNO2.H3N.Zn/c3*2-1-3;;/h3*(H,2,3);1H3;/q;;;;+2/p-2. The Labute approximate surface area is 72.7 Å². The van der Waals surface area contributed by atoms with Crippen LogP contribution in [0.4, 0.5) is 0 Å². The molecule has 0 atom stereocenters. The van der Waals surface area contributed by atoms with E-state index in [1.165, 1.54) is 5.34 Å². The normalized spacial score (nSPS) is 3.27. The van der Waals surface area contributed by atoms with Gasteiger partial charge in [0, 0.05) is 0 Å². The Morgan fingerprint density at radius 3 is 1.00 bits per heavy atom. The van der Waals surface area contributed by atoms with E-state index in [0.717, 1.165) is 10.7 Å². The van der Waals surface area contributed by atoms with Gasteiger partial charge in [-0.25, -0.2) is 0 Å². The molecule has 0 heterocycles. The number of hydrogen-bond acceptors (Lipinski definition) is 9. The molecule has 0 spiro atoms. The Kier molecular flexibility index (Phi) is 502. The van der Waals surface area contributed by atoms with Gasteiger partial charge in [-0.1, -0.05) is 0 Å². The average molecular weight is 221 g/mol. The van der Waals surface area contributed by atoms with Crippen LogP contribution in [0.25, 0.3) is 0 Å². The fourth-order valence-electron chi connectivity index (χ4n) is 0. The molecule has 0 bridgehead atoms. The summed E-state index contributed by atoms with van der Waals surface area (Å²) in [5, 5.41) is 25.9. The van der Waals surface area contributed by atoms with E-state index in [0.29, 0.717) is 0 Å². The van der Waals surface area contributed by atoms with Gasteiger partial charge in [-0.05, 0) is 0 Å². The summed E-state index contributed by atoms with van der Waals surface area (Å²) in [4.78, 5) is 24.1. The van der Waals surface area contributed by atoms with Gasteiger partial charge in [0.1, 0.15) is 0 Å². The molecule has 0 aromatic carbocycles. The first-order valence-corrected chi connectivity index (χ1v) is 1.11. The third kappa shape index (κ3) is 273. The molecule has 0 aliphatic heterocycles. The van der Waals surface area contributed by atoms with Crippen LogP contribution in [0.15, 0.2) is 16.0 Å². The van der Waals surface area contributed by atoms with Gasteiger partial charge in [-0.15, -0.1) is 15.6 Å². The van der Waals surface area contributed by atoms with Crippen molar-refractivity contribution in [1.82, 2.24) is 6.15 Å². The van der Waals surface area contributed by atoms with Crippen LogP contribution in [0.1, 0.15) is 0 Å². The second kappa shape index (κ2) is 167. The molecule has 11 heavy (non-hydrogen) atoms. The van der Waals surface area contributed by atoms with Crippen LogP contribution in [0.2, 0.25) is 0 Å². The molecule has 62 valence electrons. The molecule has 0 aromatic rings. The minimum Gasteiger partial charge on any atom is -0.444 e. The molecule has 0 saturated carbocycles. The SMILES string of the molecule is N.O=NO.O=N[O-].O=N[O-].[Zn+2]. The maximum Gasteiger partial charge on any atom is 2.00 e. The zero-order valence-electron chi connectivity index (χ0n) is 5.24. The van der Waals surface area contributed by atoms with Crippen LogP contribution in [-0.4, -0.2) is 5.21 Å². The summed E-state index contributed by atoms with van der Waals surface area (Å²) < 4.78 is 0. The summed E-state index contributed by atoms with van der Waals surface area (Å²) in [6, 6.07) is 0. The molecule has 0 aliphatic rings. The van der Waals surface area contributed by atoms with E-state index in [1.807, 2.05) is 0 Å². The van der Waals surface area contributed by atoms with Crippen LogP contribution < -0.4 is 6.15 Å². The van der Waals surface area contributed by atoms with Gasteiger partial charge < -0.3 is 31.6 Å². The van der Waals surface area contributed by atoms with Crippen molar-refractivity contribution < 1.29 is 24.7 Å². The molecule has 0 fully saturated rings. The fraction of sp³-hybridized carbons (Fsp3) is 0. The van der Waals surface area contributed by atoms with Gasteiger partial charge in [-0.3, -0.25) is 0 Å². The van der Waals surface area contributed by atoms with E-state index in [1.54, 1.807) is 0 Å². The van der Waals surface area contributed by atoms with Crippen molar-refractivity contribution in [1.29, 1.82) is 0 Å². The van der Waals surface area contributed by atoms with Gasteiger partial charge >= 0.3 is 19.5 Å². The predicted octanol–water partition coefficient (Wildman–Crippen LogP) is 0.803. The van der Waals surface area contributed by atoms with Crippen LogP contribution in [0, 0.1) is 25.1 Å². The maximum absolute atomic E-state index is 8.11. The van der Waals surface area contributed by atoms with Gasteiger partial charge in [-0.2, -0.15) is 0 Å². The zero-order valence-corrected chi connectivity index (χ0v) is 8.21. The average Bonchev–Trinajstić information content (AvgIpc) is 1.70. The Hall–Kier alpha value is -1.22. The monoisotopic (exact) mass is 220 g/mol. The first-order chi connectivity index (χ1) is 4.24. The van der Waals surface area contributed by atoms with E-state index < -0.39 is 0 Å². The minimum atomic E-state index is 0. The van der Waals surface area contributed by atoms with Crippen molar-refractivity contribution in [3.05, 3.63) is 25.1 Å². The van der Waals surface area contributed by atoms with Crippen molar-refractivity contribution in [2.45, 2.75) is 0 Å². The molecule has 0 radical (unpaired) electrons.